The molecule has 1 fully saturated rings. The number of carbonyl (C=O) groups is 3. The Morgan fingerprint density at radius 2 is 1.83 bits per heavy atom. The summed E-state index contributed by atoms with van der Waals surface area (Å²) in [6.45, 7) is 0.912. The Labute approximate surface area is 182 Å². The first-order chi connectivity index (χ1) is 14.5. The largest absolute Gasteiger partial charge is 0.447 e. The van der Waals surface area contributed by atoms with E-state index in [1.807, 2.05) is 24.3 Å². The molecule has 2 N–H and O–H groups in total. The molecule has 3 rings (SSSR count). The van der Waals surface area contributed by atoms with Gasteiger partial charge in [-0.3, -0.25) is 14.9 Å². The van der Waals surface area contributed by atoms with Gasteiger partial charge in [0.05, 0.1) is 6.61 Å². The summed E-state index contributed by atoms with van der Waals surface area (Å²) >= 11 is 3.40. The van der Waals surface area contributed by atoms with E-state index >= 15 is 0 Å². The van der Waals surface area contributed by atoms with Gasteiger partial charge in [0.2, 0.25) is 11.8 Å². The molecule has 1 aliphatic rings. The fourth-order valence-corrected chi connectivity index (χ4v) is 3.49. The predicted octanol–water partition coefficient (Wildman–Crippen LogP) is 3.64. The van der Waals surface area contributed by atoms with Gasteiger partial charge in [-0.05, 0) is 42.8 Å². The molecule has 30 heavy (non-hydrogen) atoms. The van der Waals surface area contributed by atoms with Crippen molar-refractivity contribution in [3.05, 3.63) is 53.0 Å². The highest BCUT2D eigenvalue weighted by Crippen LogP contribution is 2.28. The zero-order chi connectivity index (χ0) is 21.5. The van der Waals surface area contributed by atoms with E-state index in [9.17, 15) is 14.4 Å². The highest BCUT2D eigenvalue weighted by atomic mass is 79.9. The molecule has 2 aromatic carbocycles. The van der Waals surface area contributed by atoms with E-state index < -0.39 is 12.0 Å². The van der Waals surface area contributed by atoms with Gasteiger partial charge in [0, 0.05) is 35.2 Å². The van der Waals surface area contributed by atoms with Crippen molar-refractivity contribution in [1.29, 1.82) is 0 Å². The second-order valence-electron chi connectivity index (χ2n) is 6.63. The van der Waals surface area contributed by atoms with Crippen LogP contribution in [0.2, 0.25) is 0 Å². The maximum atomic E-state index is 12.8. The van der Waals surface area contributed by atoms with Gasteiger partial charge < -0.3 is 19.7 Å². The van der Waals surface area contributed by atoms with Gasteiger partial charge in [0.25, 0.3) is 0 Å². The van der Waals surface area contributed by atoms with Crippen molar-refractivity contribution in [1.82, 2.24) is 0 Å². The Hall–Kier alpha value is -2.91. The lowest BCUT2D eigenvalue weighted by Crippen LogP contribution is -2.33. The molecule has 1 heterocycles. The first-order valence-corrected chi connectivity index (χ1v) is 10.2. The minimum atomic E-state index is -0.764. The van der Waals surface area contributed by atoms with Crippen LogP contribution in [-0.2, 0) is 19.1 Å². The summed E-state index contributed by atoms with van der Waals surface area (Å²) in [7, 11) is 1.51. The molecule has 2 aromatic rings. The summed E-state index contributed by atoms with van der Waals surface area (Å²) in [5.74, 6) is -1.38. The van der Waals surface area contributed by atoms with E-state index in [1.54, 1.807) is 29.2 Å². The average Bonchev–Trinajstić information content (AvgIpc) is 3.10. The van der Waals surface area contributed by atoms with Gasteiger partial charge >= 0.3 is 6.09 Å². The van der Waals surface area contributed by atoms with Crippen LogP contribution in [0, 0.1) is 5.92 Å². The van der Waals surface area contributed by atoms with E-state index in [4.69, 9.17) is 9.47 Å². The fourth-order valence-electron chi connectivity index (χ4n) is 3.10. The van der Waals surface area contributed by atoms with Crippen molar-refractivity contribution in [2.75, 3.05) is 42.4 Å². The van der Waals surface area contributed by atoms with Crippen LogP contribution in [0.3, 0.4) is 0 Å². The van der Waals surface area contributed by atoms with Gasteiger partial charge in [0.1, 0.15) is 12.5 Å². The topological polar surface area (TPSA) is 97.0 Å². The normalized spacial score (nSPS) is 15.7. The van der Waals surface area contributed by atoms with Gasteiger partial charge in [-0.25, -0.2) is 4.79 Å². The lowest BCUT2D eigenvalue weighted by atomic mass is 10.1. The second-order valence-corrected chi connectivity index (χ2v) is 7.55. The molecule has 1 saturated heterocycles. The number of amides is 3. The molecule has 8 nitrogen and oxygen atoms in total. The molecule has 1 aliphatic heterocycles. The Kier molecular flexibility index (Phi) is 7.42. The number of nitrogens with one attached hydrogen (secondary N) is 2. The number of carbonyl (C=O) groups excluding carboxylic acids is 3. The van der Waals surface area contributed by atoms with Crippen LogP contribution in [0.4, 0.5) is 21.9 Å². The second kappa shape index (κ2) is 10.2. The third-order valence-corrected chi connectivity index (χ3v) is 5.03. The van der Waals surface area contributed by atoms with Gasteiger partial charge in [-0.1, -0.05) is 28.1 Å². The smallest absolute Gasteiger partial charge is 0.411 e. The monoisotopic (exact) mass is 475 g/mol. The van der Waals surface area contributed by atoms with Crippen molar-refractivity contribution in [3.8, 4) is 0 Å². The van der Waals surface area contributed by atoms with Crippen LogP contribution in [0.15, 0.2) is 53.0 Å². The summed E-state index contributed by atoms with van der Waals surface area (Å²) in [5, 5.41) is 5.33. The van der Waals surface area contributed by atoms with E-state index in [0.717, 1.165) is 10.2 Å². The van der Waals surface area contributed by atoms with Crippen LogP contribution >= 0.6 is 15.9 Å². The quantitative estimate of drug-likeness (QED) is 0.470. The third kappa shape index (κ3) is 5.58. The summed E-state index contributed by atoms with van der Waals surface area (Å²) in [4.78, 5) is 38.8. The number of anilines is 3. The Balaban J connectivity index is 1.59. The van der Waals surface area contributed by atoms with Crippen molar-refractivity contribution >= 4 is 50.9 Å². The van der Waals surface area contributed by atoms with E-state index in [0.29, 0.717) is 30.9 Å². The Bertz CT molecular complexity index is 936. The van der Waals surface area contributed by atoms with E-state index in [2.05, 4.69) is 26.6 Å². The van der Waals surface area contributed by atoms with Crippen LogP contribution < -0.4 is 15.5 Å². The number of halogens is 1. The average molecular weight is 476 g/mol. The SMILES string of the molecule is COCCOC(=O)Nc1cccc(NC(=O)C2CCN(c3cccc(Br)c3)C2=O)c1. The number of hydrogen-bond acceptors (Lipinski definition) is 5. The minimum absolute atomic E-state index is 0.136. The molecule has 0 saturated carbocycles. The van der Waals surface area contributed by atoms with Gasteiger partial charge in [0.15, 0.2) is 0 Å². The van der Waals surface area contributed by atoms with Crippen LogP contribution in [0.25, 0.3) is 0 Å². The van der Waals surface area contributed by atoms with Crippen molar-refractivity contribution < 1.29 is 23.9 Å². The van der Waals surface area contributed by atoms with Crippen molar-refractivity contribution in [2.24, 2.45) is 5.92 Å². The van der Waals surface area contributed by atoms with E-state index in [1.165, 1.54) is 7.11 Å². The Morgan fingerprint density at radius 1 is 1.10 bits per heavy atom. The first kappa shape index (κ1) is 21.8. The van der Waals surface area contributed by atoms with Crippen LogP contribution in [-0.4, -0.2) is 44.8 Å². The molecular formula is C21H22BrN3O5. The zero-order valence-corrected chi connectivity index (χ0v) is 18.0. The molecule has 0 radical (unpaired) electrons. The van der Waals surface area contributed by atoms with Crippen LogP contribution in [0.1, 0.15) is 6.42 Å². The summed E-state index contributed by atoms with van der Waals surface area (Å²) in [6.07, 6.45) is -0.188. The molecule has 0 aliphatic carbocycles. The zero-order valence-electron chi connectivity index (χ0n) is 16.4. The van der Waals surface area contributed by atoms with E-state index in [-0.39, 0.29) is 18.4 Å². The number of ether oxygens (including phenoxy) is 2. The highest BCUT2D eigenvalue weighted by molar-refractivity contribution is 9.10. The van der Waals surface area contributed by atoms with Gasteiger partial charge in [-0.15, -0.1) is 0 Å². The predicted molar refractivity (Wildman–Crippen MR) is 117 cm³/mol. The minimum Gasteiger partial charge on any atom is -0.447 e. The molecule has 158 valence electrons. The molecule has 0 bridgehead atoms. The molecule has 0 spiro atoms. The maximum Gasteiger partial charge on any atom is 0.411 e. The molecule has 1 atom stereocenters. The molecule has 3 amide bonds. The Morgan fingerprint density at radius 3 is 2.57 bits per heavy atom. The number of hydrogen-bond donors (Lipinski definition) is 2. The summed E-state index contributed by atoms with van der Waals surface area (Å²) in [6, 6.07) is 14.0. The van der Waals surface area contributed by atoms with Crippen LogP contribution in [0.5, 0.6) is 0 Å². The van der Waals surface area contributed by atoms with Gasteiger partial charge in [-0.2, -0.15) is 0 Å². The third-order valence-electron chi connectivity index (χ3n) is 4.54. The molecule has 0 aromatic heterocycles. The first-order valence-electron chi connectivity index (χ1n) is 9.38. The lowest BCUT2D eigenvalue weighted by Gasteiger charge is -2.17. The summed E-state index contributed by atoms with van der Waals surface area (Å²) in [5.41, 5.74) is 1.69. The summed E-state index contributed by atoms with van der Waals surface area (Å²) < 4.78 is 10.6. The number of nitrogens with zero attached hydrogens (tertiary/aromatic N) is 1. The highest BCUT2D eigenvalue weighted by Gasteiger charge is 2.37. The molecule has 1 unspecified atom stereocenters. The lowest BCUT2D eigenvalue weighted by molar-refractivity contribution is -0.129. The number of methoxy groups -OCH3 is 1. The van der Waals surface area contributed by atoms with Crippen molar-refractivity contribution in [3.63, 3.8) is 0 Å². The van der Waals surface area contributed by atoms with Crippen molar-refractivity contribution in [2.45, 2.75) is 6.42 Å². The molecular weight excluding hydrogens is 454 g/mol. The maximum absolute atomic E-state index is 12.8. The number of rotatable bonds is 7. The standard InChI is InChI=1S/C21H22BrN3O5/c1-29-10-11-30-21(28)24-16-6-3-5-15(13-16)23-19(26)18-8-9-25(20(18)27)17-7-2-4-14(22)12-17/h2-7,12-13,18H,8-11H2,1H3,(H,23,26)(H,24,28). The molecule has 9 heteroatoms. The fraction of sp³-hybridized carbons (Fsp3) is 0.286. The number of benzene rings is 2.